The third kappa shape index (κ3) is 4.67. The van der Waals surface area contributed by atoms with Crippen LogP contribution in [0, 0.1) is 6.92 Å². The number of hydrogen-bond donors (Lipinski definition) is 1. The van der Waals surface area contributed by atoms with E-state index in [0.717, 1.165) is 37.2 Å². The molecule has 2 heterocycles. The lowest BCUT2D eigenvalue weighted by Crippen LogP contribution is -2.34. The van der Waals surface area contributed by atoms with Crippen LogP contribution in [0.3, 0.4) is 0 Å². The Morgan fingerprint density at radius 1 is 1.17 bits per heavy atom. The van der Waals surface area contributed by atoms with E-state index in [1.54, 1.807) is 6.20 Å². The molecular formula is C22H27N3O4. The lowest BCUT2D eigenvalue weighted by atomic mass is 9.89. The fourth-order valence-electron chi connectivity index (χ4n) is 3.79. The zero-order valence-electron chi connectivity index (χ0n) is 17.1. The Morgan fingerprint density at radius 3 is 2.48 bits per heavy atom. The van der Waals surface area contributed by atoms with E-state index in [9.17, 15) is 9.59 Å². The van der Waals surface area contributed by atoms with Crippen LogP contribution in [-0.4, -0.2) is 50.7 Å². The molecule has 1 aliphatic rings. The van der Waals surface area contributed by atoms with Crippen molar-refractivity contribution in [2.75, 3.05) is 38.8 Å². The Balaban J connectivity index is 1.72. The van der Waals surface area contributed by atoms with E-state index in [1.807, 2.05) is 13.0 Å². The van der Waals surface area contributed by atoms with Gasteiger partial charge in [0.1, 0.15) is 6.54 Å². The largest absolute Gasteiger partial charge is 0.494 e. The van der Waals surface area contributed by atoms with E-state index in [0.29, 0.717) is 11.7 Å². The summed E-state index contributed by atoms with van der Waals surface area (Å²) >= 11 is 0. The first-order valence-electron chi connectivity index (χ1n) is 9.73. The molecule has 0 spiro atoms. The van der Waals surface area contributed by atoms with Crippen molar-refractivity contribution in [3.63, 3.8) is 0 Å². The Kier molecular flexibility index (Phi) is 6.69. The monoisotopic (exact) mass is 397 g/mol. The van der Waals surface area contributed by atoms with Crippen molar-refractivity contribution in [3.05, 3.63) is 53.3 Å². The third-order valence-corrected chi connectivity index (χ3v) is 5.40. The number of rotatable bonds is 6. The number of carbonyl (C=O) groups is 2. The van der Waals surface area contributed by atoms with Crippen LogP contribution < -0.4 is 15.0 Å². The second kappa shape index (κ2) is 9.41. The number of ether oxygens (including phenoxy) is 2. The zero-order valence-corrected chi connectivity index (χ0v) is 17.1. The molecule has 7 heteroatoms. The molecular weight excluding hydrogens is 370 g/mol. The van der Waals surface area contributed by atoms with E-state index >= 15 is 0 Å². The number of carbonyl (C=O) groups excluding carboxylic acids is 2. The van der Waals surface area contributed by atoms with Crippen LogP contribution in [0.15, 0.2) is 36.5 Å². The molecule has 0 atom stereocenters. The molecule has 1 aromatic carbocycles. The molecule has 1 amide bonds. The first kappa shape index (κ1) is 20.6. The number of nitrogens with zero attached hydrogens (tertiary/aromatic N) is 2. The molecule has 0 bridgehead atoms. The van der Waals surface area contributed by atoms with Gasteiger partial charge in [-0.3, -0.25) is 9.59 Å². The quantitative estimate of drug-likeness (QED) is 0.755. The molecule has 3 rings (SSSR count). The number of amides is 1. The van der Waals surface area contributed by atoms with Crippen molar-refractivity contribution in [3.8, 4) is 5.75 Å². The number of anilines is 1. The lowest BCUT2D eigenvalue weighted by molar-refractivity contribution is -0.139. The number of nitrogens with one attached hydrogen (secondary N) is 1. The molecule has 0 aliphatic carbocycles. The van der Waals surface area contributed by atoms with Crippen molar-refractivity contribution in [2.24, 2.45) is 0 Å². The smallest absolute Gasteiger partial charge is 0.325 e. The molecule has 1 N–H and O–H groups in total. The molecule has 0 saturated carbocycles. The summed E-state index contributed by atoms with van der Waals surface area (Å²) in [7, 11) is 2.79. The van der Waals surface area contributed by atoms with Gasteiger partial charge in [-0.1, -0.05) is 30.3 Å². The summed E-state index contributed by atoms with van der Waals surface area (Å²) in [6.45, 7) is 3.54. The van der Waals surface area contributed by atoms with Gasteiger partial charge >= 0.3 is 5.97 Å². The maximum Gasteiger partial charge on any atom is 0.325 e. The molecule has 7 nitrogen and oxygen atoms in total. The number of hydrogen-bond acceptors (Lipinski definition) is 6. The minimum atomic E-state index is -0.521. The standard InChI is InChI=1S/C22H27N3O4/c1-15-18(25-11-9-17(10-12-25)16-7-5-4-6-8-16)13-23-20(21(15)29-3)22(27)24-14-19(26)28-2/h4-8,13,17H,9-12,14H2,1-3H3,(H,24,27). The maximum atomic E-state index is 12.4. The number of pyridine rings is 1. The topological polar surface area (TPSA) is 80.8 Å². The molecule has 1 aromatic heterocycles. The Labute approximate surface area is 171 Å². The summed E-state index contributed by atoms with van der Waals surface area (Å²) in [6, 6.07) is 10.6. The van der Waals surface area contributed by atoms with Gasteiger partial charge in [0.05, 0.1) is 26.1 Å². The van der Waals surface area contributed by atoms with Gasteiger partial charge < -0.3 is 19.7 Å². The highest BCUT2D eigenvalue weighted by atomic mass is 16.5. The minimum absolute atomic E-state index is 0.164. The van der Waals surface area contributed by atoms with E-state index in [2.05, 4.69) is 44.2 Å². The summed E-state index contributed by atoms with van der Waals surface area (Å²) in [4.78, 5) is 30.3. The molecule has 2 aromatic rings. The van der Waals surface area contributed by atoms with Crippen LogP contribution in [0.2, 0.25) is 0 Å². The summed E-state index contributed by atoms with van der Waals surface area (Å²) in [6.07, 6.45) is 3.84. The van der Waals surface area contributed by atoms with Gasteiger partial charge in [0.25, 0.3) is 5.91 Å². The first-order chi connectivity index (χ1) is 14.0. The second-order valence-corrected chi connectivity index (χ2v) is 7.08. The van der Waals surface area contributed by atoms with Crippen molar-refractivity contribution < 1.29 is 19.1 Å². The second-order valence-electron chi connectivity index (χ2n) is 7.08. The molecule has 154 valence electrons. The Bertz CT molecular complexity index is 862. The van der Waals surface area contributed by atoms with Gasteiger partial charge in [-0.2, -0.15) is 0 Å². The predicted molar refractivity (Wildman–Crippen MR) is 111 cm³/mol. The molecule has 1 saturated heterocycles. The third-order valence-electron chi connectivity index (χ3n) is 5.40. The fraction of sp³-hybridized carbons (Fsp3) is 0.409. The molecule has 0 radical (unpaired) electrons. The average Bonchev–Trinajstić information content (AvgIpc) is 2.77. The van der Waals surface area contributed by atoms with Crippen LogP contribution in [-0.2, 0) is 9.53 Å². The summed E-state index contributed by atoms with van der Waals surface area (Å²) in [5, 5.41) is 2.50. The van der Waals surface area contributed by atoms with Crippen LogP contribution in [0.25, 0.3) is 0 Å². The van der Waals surface area contributed by atoms with Gasteiger partial charge in [0.15, 0.2) is 11.4 Å². The highest BCUT2D eigenvalue weighted by molar-refractivity contribution is 5.97. The fourth-order valence-corrected chi connectivity index (χ4v) is 3.79. The average molecular weight is 397 g/mol. The molecule has 1 aliphatic heterocycles. The zero-order chi connectivity index (χ0) is 20.8. The normalized spacial score (nSPS) is 14.4. The first-order valence-corrected chi connectivity index (χ1v) is 9.73. The van der Waals surface area contributed by atoms with Crippen LogP contribution >= 0.6 is 0 Å². The Morgan fingerprint density at radius 2 is 1.86 bits per heavy atom. The van der Waals surface area contributed by atoms with E-state index in [4.69, 9.17) is 4.74 Å². The van der Waals surface area contributed by atoms with Gasteiger partial charge in [-0.05, 0) is 31.2 Å². The summed E-state index contributed by atoms with van der Waals surface area (Å²) < 4.78 is 10.0. The van der Waals surface area contributed by atoms with Crippen molar-refractivity contribution >= 4 is 17.6 Å². The summed E-state index contributed by atoms with van der Waals surface area (Å²) in [5.74, 6) is -0.00216. The van der Waals surface area contributed by atoms with Crippen molar-refractivity contribution in [1.82, 2.24) is 10.3 Å². The van der Waals surface area contributed by atoms with Crippen molar-refractivity contribution in [1.29, 1.82) is 0 Å². The Hall–Kier alpha value is -3.09. The van der Waals surface area contributed by atoms with Crippen LogP contribution in [0.4, 0.5) is 5.69 Å². The minimum Gasteiger partial charge on any atom is -0.494 e. The molecule has 1 fully saturated rings. The van der Waals surface area contributed by atoms with Crippen LogP contribution in [0.5, 0.6) is 5.75 Å². The number of benzene rings is 1. The highest BCUT2D eigenvalue weighted by Crippen LogP contribution is 2.35. The van der Waals surface area contributed by atoms with Gasteiger partial charge in [-0.25, -0.2) is 4.98 Å². The lowest BCUT2D eigenvalue weighted by Gasteiger charge is -2.35. The predicted octanol–water partition coefficient (Wildman–Crippen LogP) is 2.69. The SMILES string of the molecule is COC(=O)CNC(=O)c1ncc(N2CCC(c3ccccc3)CC2)c(C)c1OC. The van der Waals surface area contributed by atoms with E-state index in [1.165, 1.54) is 19.8 Å². The van der Waals surface area contributed by atoms with Crippen LogP contribution in [0.1, 0.15) is 40.4 Å². The summed E-state index contributed by atoms with van der Waals surface area (Å²) in [5.41, 5.74) is 3.38. The number of piperidine rings is 1. The molecule has 0 unspecified atom stereocenters. The number of esters is 1. The number of aromatic nitrogens is 1. The van der Waals surface area contributed by atoms with Gasteiger partial charge in [-0.15, -0.1) is 0 Å². The maximum absolute atomic E-state index is 12.4. The van der Waals surface area contributed by atoms with E-state index in [-0.39, 0.29) is 12.2 Å². The van der Waals surface area contributed by atoms with E-state index < -0.39 is 11.9 Å². The van der Waals surface area contributed by atoms with Crippen molar-refractivity contribution in [2.45, 2.75) is 25.7 Å². The van der Waals surface area contributed by atoms with Gasteiger partial charge in [0.2, 0.25) is 0 Å². The highest BCUT2D eigenvalue weighted by Gasteiger charge is 2.25. The number of methoxy groups -OCH3 is 2. The molecule has 29 heavy (non-hydrogen) atoms. The van der Waals surface area contributed by atoms with Gasteiger partial charge in [0, 0.05) is 18.7 Å².